The molecule has 0 aliphatic carbocycles. The lowest BCUT2D eigenvalue weighted by molar-refractivity contribution is -0.137. The van der Waals surface area contributed by atoms with Gasteiger partial charge in [-0.1, -0.05) is 0 Å². The molecule has 2 rings (SSSR count). The van der Waals surface area contributed by atoms with Gasteiger partial charge in [-0.15, -0.1) is 11.3 Å². The predicted molar refractivity (Wildman–Crippen MR) is 81.4 cm³/mol. The summed E-state index contributed by atoms with van der Waals surface area (Å²) in [6.07, 6.45) is 2.00. The van der Waals surface area contributed by atoms with Gasteiger partial charge in [0.25, 0.3) is 0 Å². The van der Waals surface area contributed by atoms with Crippen molar-refractivity contribution in [3.8, 4) is 0 Å². The number of aliphatic hydroxyl groups is 1. The van der Waals surface area contributed by atoms with Gasteiger partial charge in [0, 0.05) is 24.1 Å². The molecule has 0 spiro atoms. The van der Waals surface area contributed by atoms with E-state index < -0.39 is 0 Å². The summed E-state index contributed by atoms with van der Waals surface area (Å²) >= 11 is 5.05. The SMILES string of the molecule is CC(C(=O)N1CC(CO)CCC1C)c1ccc(Br)s1. The highest BCUT2D eigenvalue weighted by Gasteiger charge is 2.31. The highest BCUT2D eigenvalue weighted by molar-refractivity contribution is 9.11. The van der Waals surface area contributed by atoms with Gasteiger partial charge in [-0.3, -0.25) is 4.79 Å². The van der Waals surface area contributed by atoms with Crippen LogP contribution in [0.1, 0.15) is 37.5 Å². The lowest BCUT2D eigenvalue weighted by Crippen LogP contribution is -2.47. The van der Waals surface area contributed by atoms with Gasteiger partial charge in [-0.05, 0) is 60.7 Å². The number of nitrogens with zero attached hydrogens (tertiary/aromatic N) is 1. The number of hydrogen-bond acceptors (Lipinski definition) is 3. The molecular formula is C14H20BrNO2S. The van der Waals surface area contributed by atoms with Crippen molar-refractivity contribution >= 4 is 33.2 Å². The first-order valence-electron chi connectivity index (χ1n) is 6.69. The second-order valence-electron chi connectivity index (χ2n) is 5.33. The van der Waals surface area contributed by atoms with Crippen molar-refractivity contribution in [1.29, 1.82) is 0 Å². The molecule has 3 unspecified atom stereocenters. The second-order valence-corrected chi connectivity index (χ2v) is 7.82. The average Bonchev–Trinajstić information content (AvgIpc) is 2.84. The van der Waals surface area contributed by atoms with Crippen LogP contribution in [0.15, 0.2) is 15.9 Å². The molecule has 106 valence electrons. The Labute approximate surface area is 126 Å². The lowest BCUT2D eigenvalue weighted by Gasteiger charge is -2.38. The van der Waals surface area contributed by atoms with Crippen LogP contribution in [0.3, 0.4) is 0 Å². The Bertz CT molecular complexity index is 448. The zero-order chi connectivity index (χ0) is 14.0. The molecule has 1 aliphatic heterocycles. The number of amides is 1. The molecule has 1 amide bonds. The number of rotatable bonds is 3. The molecule has 2 heterocycles. The summed E-state index contributed by atoms with van der Waals surface area (Å²) in [5.74, 6) is 0.318. The van der Waals surface area contributed by atoms with Gasteiger partial charge < -0.3 is 10.0 Å². The van der Waals surface area contributed by atoms with E-state index in [4.69, 9.17) is 0 Å². The molecule has 1 fully saturated rings. The van der Waals surface area contributed by atoms with E-state index in [9.17, 15) is 9.90 Å². The van der Waals surface area contributed by atoms with E-state index in [0.717, 1.165) is 21.5 Å². The lowest BCUT2D eigenvalue weighted by atomic mass is 9.92. The second kappa shape index (κ2) is 6.37. The largest absolute Gasteiger partial charge is 0.396 e. The standard InChI is InChI=1S/C14H20BrNO2S/c1-9-3-4-11(8-17)7-16(9)14(18)10(2)12-5-6-13(15)19-12/h5-6,9-11,17H,3-4,7-8H2,1-2H3. The molecule has 5 heteroatoms. The van der Waals surface area contributed by atoms with E-state index >= 15 is 0 Å². The Morgan fingerprint density at radius 3 is 2.89 bits per heavy atom. The van der Waals surface area contributed by atoms with Gasteiger partial charge >= 0.3 is 0 Å². The topological polar surface area (TPSA) is 40.5 Å². The fraction of sp³-hybridized carbons (Fsp3) is 0.643. The molecule has 1 saturated heterocycles. The molecule has 0 radical (unpaired) electrons. The first-order valence-corrected chi connectivity index (χ1v) is 8.30. The first-order chi connectivity index (χ1) is 9.02. The van der Waals surface area contributed by atoms with Crippen LogP contribution in [0.2, 0.25) is 0 Å². The number of piperidine rings is 1. The van der Waals surface area contributed by atoms with Crippen molar-refractivity contribution < 1.29 is 9.90 Å². The normalized spacial score (nSPS) is 25.4. The minimum atomic E-state index is -0.101. The van der Waals surface area contributed by atoms with Gasteiger partial charge in [0.1, 0.15) is 0 Å². The first kappa shape index (κ1) is 15.0. The Balaban J connectivity index is 2.09. The molecule has 3 atom stereocenters. The predicted octanol–water partition coefficient (Wildman–Crippen LogP) is 3.23. The Morgan fingerprint density at radius 1 is 1.58 bits per heavy atom. The van der Waals surface area contributed by atoms with Gasteiger partial charge in [-0.2, -0.15) is 0 Å². The minimum absolute atomic E-state index is 0.101. The molecule has 0 bridgehead atoms. The monoisotopic (exact) mass is 345 g/mol. The van der Waals surface area contributed by atoms with Gasteiger partial charge in [0.2, 0.25) is 5.91 Å². The van der Waals surface area contributed by atoms with E-state index in [0.29, 0.717) is 6.54 Å². The maximum absolute atomic E-state index is 12.6. The van der Waals surface area contributed by atoms with Crippen LogP contribution < -0.4 is 0 Å². The number of thiophene rings is 1. The molecule has 19 heavy (non-hydrogen) atoms. The van der Waals surface area contributed by atoms with E-state index in [1.54, 1.807) is 11.3 Å². The number of carbonyl (C=O) groups excluding carboxylic acids is 1. The third-order valence-electron chi connectivity index (χ3n) is 3.91. The van der Waals surface area contributed by atoms with Crippen LogP contribution >= 0.6 is 27.3 Å². The summed E-state index contributed by atoms with van der Waals surface area (Å²) in [4.78, 5) is 15.7. The fourth-order valence-corrected chi connectivity index (χ4v) is 4.04. The van der Waals surface area contributed by atoms with Crippen LogP contribution in [-0.4, -0.2) is 35.1 Å². The number of aliphatic hydroxyl groups excluding tert-OH is 1. The molecular weight excluding hydrogens is 326 g/mol. The summed E-state index contributed by atoms with van der Waals surface area (Å²) in [5.41, 5.74) is 0. The van der Waals surface area contributed by atoms with Crippen molar-refractivity contribution in [2.75, 3.05) is 13.2 Å². The van der Waals surface area contributed by atoms with Crippen molar-refractivity contribution in [2.45, 2.75) is 38.6 Å². The van der Waals surface area contributed by atoms with Crippen molar-refractivity contribution in [1.82, 2.24) is 4.90 Å². The number of carbonyl (C=O) groups is 1. The van der Waals surface area contributed by atoms with Crippen LogP contribution in [0, 0.1) is 5.92 Å². The van der Waals surface area contributed by atoms with Gasteiger partial charge in [-0.25, -0.2) is 0 Å². The third-order valence-corrected chi connectivity index (χ3v) is 5.72. The molecule has 0 saturated carbocycles. The summed E-state index contributed by atoms with van der Waals surface area (Å²) in [7, 11) is 0. The van der Waals surface area contributed by atoms with Crippen molar-refractivity contribution in [3.05, 3.63) is 20.8 Å². The number of halogens is 1. The highest BCUT2D eigenvalue weighted by atomic mass is 79.9. The zero-order valence-corrected chi connectivity index (χ0v) is 13.7. The minimum Gasteiger partial charge on any atom is -0.396 e. The Hall–Kier alpha value is -0.390. The van der Waals surface area contributed by atoms with E-state index in [-0.39, 0.29) is 30.4 Å². The molecule has 1 aromatic rings. The molecule has 1 aliphatic rings. The summed E-state index contributed by atoms with van der Waals surface area (Å²) < 4.78 is 1.06. The van der Waals surface area contributed by atoms with Gasteiger partial charge in [0.15, 0.2) is 0 Å². The van der Waals surface area contributed by atoms with Crippen LogP contribution in [0.25, 0.3) is 0 Å². The van der Waals surface area contributed by atoms with Gasteiger partial charge in [0.05, 0.1) is 9.70 Å². The summed E-state index contributed by atoms with van der Waals surface area (Å²) in [6.45, 7) is 4.93. The highest BCUT2D eigenvalue weighted by Crippen LogP contribution is 2.31. The quantitative estimate of drug-likeness (QED) is 0.913. The maximum atomic E-state index is 12.6. The number of likely N-dealkylation sites (tertiary alicyclic amines) is 1. The smallest absolute Gasteiger partial charge is 0.230 e. The van der Waals surface area contributed by atoms with E-state index in [1.807, 2.05) is 24.0 Å². The van der Waals surface area contributed by atoms with Crippen LogP contribution in [-0.2, 0) is 4.79 Å². The molecule has 1 N–H and O–H groups in total. The number of hydrogen-bond donors (Lipinski definition) is 1. The summed E-state index contributed by atoms with van der Waals surface area (Å²) in [6, 6.07) is 4.27. The fourth-order valence-electron chi connectivity index (χ4n) is 2.57. The van der Waals surface area contributed by atoms with E-state index in [1.165, 1.54) is 0 Å². The Morgan fingerprint density at radius 2 is 2.32 bits per heavy atom. The third kappa shape index (κ3) is 3.38. The summed E-state index contributed by atoms with van der Waals surface area (Å²) in [5, 5.41) is 9.29. The molecule has 1 aromatic heterocycles. The van der Waals surface area contributed by atoms with Crippen molar-refractivity contribution in [2.24, 2.45) is 5.92 Å². The average molecular weight is 346 g/mol. The van der Waals surface area contributed by atoms with Crippen molar-refractivity contribution in [3.63, 3.8) is 0 Å². The van der Waals surface area contributed by atoms with Crippen LogP contribution in [0.5, 0.6) is 0 Å². The van der Waals surface area contributed by atoms with E-state index in [2.05, 4.69) is 22.9 Å². The maximum Gasteiger partial charge on any atom is 0.230 e. The Kier molecular flexibility index (Phi) is 5.03. The molecule has 0 aromatic carbocycles. The van der Waals surface area contributed by atoms with Crippen LogP contribution in [0.4, 0.5) is 0 Å². The zero-order valence-electron chi connectivity index (χ0n) is 11.3. The molecule has 3 nitrogen and oxygen atoms in total.